The van der Waals surface area contributed by atoms with Crippen LogP contribution in [-0.4, -0.2) is 25.0 Å². The summed E-state index contributed by atoms with van der Waals surface area (Å²) in [5, 5.41) is 8.70. The van der Waals surface area contributed by atoms with Gasteiger partial charge in [0.15, 0.2) is 0 Å². The van der Waals surface area contributed by atoms with Gasteiger partial charge in [0.2, 0.25) is 5.78 Å². The molecule has 0 saturated heterocycles. The third-order valence-corrected chi connectivity index (χ3v) is 1.95. The Kier molecular flexibility index (Phi) is 3.72. The summed E-state index contributed by atoms with van der Waals surface area (Å²) in [5.74, 6) is -2.33. The van der Waals surface area contributed by atoms with Crippen molar-refractivity contribution in [3.8, 4) is 6.07 Å². The van der Waals surface area contributed by atoms with Gasteiger partial charge in [-0.15, -0.1) is 0 Å². The number of hydrogen-bond donors (Lipinski definition) is 0. The molecule has 0 aliphatic heterocycles. The van der Waals surface area contributed by atoms with Gasteiger partial charge in [-0.1, -0.05) is 12.1 Å². The van der Waals surface area contributed by atoms with Crippen LogP contribution in [0.5, 0.6) is 0 Å². The van der Waals surface area contributed by atoms with E-state index in [1.807, 2.05) is 0 Å². The van der Waals surface area contributed by atoms with Crippen LogP contribution in [0.25, 0.3) is 0 Å². The molecule has 5 heteroatoms. The van der Waals surface area contributed by atoms with Gasteiger partial charge < -0.3 is 4.74 Å². The summed E-state index contributed by atoms with van der Waals surface area (Å²) >= 11 is 0. The largest absolute Gasteiger partial charge is 0.467 e. The van der Waals surface area contributed by atoms with Crippen LogP contribution in [-0.2, 0) is 9.53 Å². The number of carbonyl (C=O) groups excluding carboxylic acids is 2. The molecule has 0 aliphatic carbocycles. The van der Waals surface area contributed by atoms with Gasteiger partial charge in [-0.25, -0.2) is 9.18 Å². The van der Waals surface area contributed by atoms with Crippen LogP contribution < -0.4 is 0 Å². The van der Waals surface area contributed by atoms with Crippen LogP contribution in [0.3, 0.4) is 0 Å². The van der Waals surface area contributed by atoms with E-state index in [1.54, 1.807) is 12.1 Å². The fourth-order valence-corrected chi connectivity index (χ4v) is 1.14. The van der Waals surface area contributed by atoms with Gasteiger partial charge in [-0.05, 0) is 12.1 Å². The molecule has 0 heterocycles. The Morgan fingerprint density at radius 1 is 1.44 bits per heavy atom. The van der Waals surface area contributed by atoms with Crippen LogP contribution in [0, 0.1) is 11.3 Å². The van der Waals surface area contributed by atoms with Crippen LogP contribution in [0.4, 0.5) is 4.39 Å². The first-order valence-electron chi connectivity index (χ1n) is 4.37. The zero-order chi connectivity index (χ0) is 12.1. The first-order chi connectivity index (χ1) is 7.61. The van der Waals surface area contributed by atoms with Crippen molar-refractivity contribution in [2.24, 2.45) is 0 Å². The number of esters is 1. The molecule has 0 aliphatic rings. The summed E-state index contributed by atoms with van der Waals surface area (Å²) in [5.41, 5.74) is -0.0954. The summed E-state index contributed by atoms with van der Waals surface area (Å²) in [6.07, 6.45) is -2.39. The molecule has 0 amide bonds. The second kappa shape index (κ2) is 5.03. The van der Waals surface area contributed by atoms with Crippen LogP contribution in [0.1, 0.15) is 15.9 Å². The Morgan fingerprint density at radius 3 is 2.62 bits per heavy atom. The average molecular weight is 221 g/mol. The maximum absolute atomic E-state index is 13.3. The van der Waals surface area contributed by atoms with Gasteiger partial charge in [0.05, 0.1) is 18.7 Å². The minimum absolute atomic E-state index is 0.0269. The van der Waals surface area contributed by atoms with E-state index in [9.17, 15) is 14.0 Å². The summed E-state index contributed by atoms with van der Waals surface area (Å²) < 4.78 is 17.4. The summed E-state index contributed by atoms with van der Waals surface area (Å²) in [7, 11) is 0.985. The molecule has 16 heavy (non-hydrogen) atoms. The molecule has 0 spiro atoms. The number of methoxy groups -OCH3 is 1. The van der Waals surface area contributed by atoms with Crippen LogP contribution >= 0.6 is 0 Å². The highest BCUT2D eigenvalue weighted by atomic mass is 19.1. The zero-order valence-corrected chi connectivity index (χ0v) is 8.44. The van der Waals surface area contributed by atoms with Crippen molar-refractivity contribution >= 4 is 11.8 Å². The van der Waals surface area contributed by atoms with Crippen molar-refractivity contribution in [2.75, 3.05) is 7.11 Å². The Balaban J connectivity index is 3.06. The maximum Gasteiger partial charge on any atom is 0.348 e. The number of benzene rings is 1. The Bertz CT molecular complexity index is 465. The summed E-state index contributed by atoms with van der Waals surface area (Å²) in [6, 6.07) is 7.44. The van der Waals surface area contributed by atoms with Crippen molar-refractivity contribution in [2.45, 2.75) is 6.17 Å². The molecule has 0 fully saturated rings. The molecule has 1 rings (SSSR count). The number of carbonyl (C=O) groups is 2. The molecule has 0 aromatic heterocycles. The molecular weight excluding hydrogens is 213 g/mol. The molecular formula is C11H8FNO3. The Labute approximate surface area is 91.3 Å². The SMILES string of the molecule is COC(=O)C(F)C(=O)c1ccccc1C#N. The summed E-state index contributed by atoms with van der Waals surface area (Å²) in [4.78, 5) is 22.3. The minimum atomic E-state index is -2.39. The lowest BCUT2D eigenvalue weighted by molar-refractivity contribution is -0.144. The molecule has 0 bridgehead atoms. The highest BCUT2D eigenvalue weighted by molar-refractivity contribution is 6.12. The highest BCUT2D eigenvalue weighted by Crippen LogP contribution is 2.12. The highest BCUT2D eigenvalue weighted by Gasteiger charge is 2.29. The molecule has 82 valence electrons. The van der Waals surface area contributed by atoms with Crippen molar-refractivity contribution in [3.63, 3.8) is 0 Å². The molecule has 1 aromatic carbocycles. The van der Waals surface area contributed by atoms with E-state index in [0.717, 1.165) is 7.11 Å². The number of ketones is 1. The van der Waals surface area contributed by atoms with Gasteiger partial charge in [0, 0.05) is 5.56 Å². The first-order valence-corrected chi connectivity index (χ1v) is 4.37. The first kappa shape index (κ1) is 11.9. The second-order valence-corrected chi connectivity index (χ2v) is 2.91. The van der Waals surface area contributed by atoms with Gasteiger partial charge in [-0.2, -0.15) is 5.26 Å². The van der Waals surface area contributed by atoms with Crippen molar-refractivity contribution < 1.29 is 18.7 Å². The van der Waals surface area contributed by atoms with Crippen molar-refractivity contribution in [3.05, 3.63) is 35.4 Å². The van der Waals surface area contributed by atoms with Gasteiger partial charge in [-0.3, -0.25) is 4.79 Å². The third-order valence-electron chi connectivity index (χ3n) is 1.95. The number of nitrogens with zero attached hydrogens (tertiary/aromatic N) is 1. The van der Waals surface area contributed by atoms with Gasteiger partial charge in [0.1, 0.15) is 0 Å². The number of alkyl halides is 1. The fraction of sp³-hybridized carbons (Fsp3) is 0.182. The Morgan fingerprint density at radius 2 is 2.06 bits per heavy atom. The normalized spacial score (nSPS) is 11.3. The van der Waals surface area contributed by atoms with Crippen molar-refractivity contribution in [1.82, 2.24) is 0 Å². The number of rotatable bonds is 3. The van der Waals surface area contributed by atoms with E-state index in [0.29, 0.717) is 0 Å². The smallest absolute Gasteiger partial charge is 0.348 e. The van der Waals surface area contributed by atoms with Crippen molar-refractivity contribution in [1.29, 1.82) is 5.26 Å². The van der Waals surface area contributed by atoms with Gasteiger partial charge >= 0.3 is 5.97 Å². The van der Waals surface area contributed by atoms with Crippen LogP contribution in [0.15, 0.2) is 24.3 Å². The van der Waals surface area contributed by atoms with Crippen LogP contribution in [0.2, 0.25) is 0 Å². The predicted octanol–water partition coefficient (Wildman–Crippen LogP) is 1.25. The van der Waals surface area contributed by atoms with E-state index < -0.39 is 17.9 Å². The fourth-order valence-electron chi connectivity index (χ4n) is 1.14. The minimum Gasteiger partial charge on any atom is -0.467 e. The van der Waals surface area contributed by atoms with E-state index in [-0.39, 0.29) is 11.1 Å². The lowest BCUT2D eigenvalue weighted by Crippen LogP contribution is -2.27. The molecule has 1 atom stereocenters. The Hall–Kier alpha value is -2.22. The molecule has 0 radical (unpaired) electrons. The topological polar surface area (TPSA) is 67.2 Å². The van der Waals surface area contributed by atoms with Gasteiger partial charge in [0.25, 0.3) is 6.17 Å². The van der Waals surface area contributed by atoms with E-state index >= 15 is 0 Å². The predicted molar refractivity (Wildman–Crippen MR) is 52.4 cm³/mol. The standard InChI is InChI=1S/C11H8FNO3/c1-16-11(15)9(12)10(14)8-5-3-2-4-7(8)6-13/h2-5,9H,1H3. The molecule has 1 unspecified atom stereocenters. The monoisotopic (exact) mass is 221 g/mol. The van der Waals surface area contributed by atoms with E-state index in [1.165, 1.54) is 18.2 Å². The number of nitriles is 1. The zero-order valence-electron chi connectivity index (χ0n) is 8.44. The third kappa shape index (κ3) is 2.23. The second-order valence-electron chi connectivity index (χ2n) is 2.91. The number of Topliss-reactive ketones (excluding diaryl/α,β-unsaturated/α-hetero) is 1. The molecule has 0 N–H and O–H groups in total. The van der Waals surface area contributed by atoms with E-state index in [4.69, 9.17) is 5.26 Å². The molecule has 4 nitrogen and oxygen atoms in total. The van der Waals surface area contributed by atoms with E-state index in [2.05, 4.69) is 4.74 Å². The molecule has 0 saturated carbocycles. The lowest BCUT2D eigenvalue weighted by atomic mass is 10.0. The molecule has 1 aromatic rings. The summed E-state index contributed by atoms with van der Waals surface area (Å²) in [6.45, 7) is 0. The number of ether oxygens (including phenoxy) is 1. The lowest BCUT2D eigenvalue weighted by Gasteiger charge is -2.06. The maximum atomic E-state index is 13.3. The average Bonchev–Trinajstić information content (AvgIpc) is 2.35. The number of hydrogen-bond acceptors (Lipinski definition) is 4. The number of halogens is 1. The quantitative estimate of drug-likeness (QED) is 0.437.